The fourth-order valence-corrected chi connectivity index (χ4v) is 5.03. The SMILES string of the molecule is COc1ccc(NC(=O)C(C)SCc2nc3scc(-c4ccccc4)c3c(=O)[nH]2)c(OC)c1. The van der Waals surface area contributed by atoms with Gasteiger partial charge in [-0.2, -0.15) is 0 Å². The van der Waals surface area contributed by atoms with E-state index in [0.717, 1.165) is 11.1 Å². The number of thioether (sulfide) groups is 1. The maximum absolute atomic E-state index is 12.8. The largest absolute Gasteiger partial charge is 0.497 e. The molecule has 0 aliphatic carbocycles. The van der Waals surface area contributed by atoms with E-state index in [1.165, 1.54) is 30.2 Å². The zero-order chi connectivity index (χ0) is 23.4. The van der Waals surface area contributed by atoms with Crippen LogP contribution < -0.4 is 20.3 Å². The fourth-order valence-electron chi connectivity index (χ4n) is 3.31. The van der Waals surface area contributed by atoms with Crippen molar-refractivity contribution in [1.82, 2.24) is 9.97 Å². The number of carbonyl (C=O) groups is 1. The molecular weight excluding hydrogens is 458 g/mol. The van der Waals surface area contributed by atoms with Crippen molar-refractivity contribution >= 4 is 44.9 Å². The minimum absolute atomic E-state index is 0.171. The predicted molar refractivity (Wildman–Crippen MR) is 135 cm³/mol. The fraction of sp³-hybridized carbons (Fsp3) is 0.208. The summed E-state index contributed by atoms with van der Waals surface area (Å²) in [6, 6.07) is 15.0. The molecule has 0 saturated carbocycles. The third-order valence-electron chi connectivity index (χ3n) is 5.08. The summed E-state index contributed by atoms with van der Waals surface area (Å²) in [5, 5.41) is 5.06. The van der Waals surface area contributed by atoms with Crippen molar-refractivity contribution in [2.24, 2.45) is 0 Å². The zero-order valence-electron chi connectivity index (χ0n) is 18.4. The van der Waals surface area contributed by atoms with Crippen LogP contribution in [-0.2, 0) is 10.5 Å². The molecular formula is C24H23N3O4S2. The number of nitrogens with zero attached hydrogens (tertiary/aromatic N) is 1. The van der Waals surface area contributed by atoms with Crippen LogP contribution in [0.15, 0.2) is 58.7 Å². The number of amides is 1. The van der Waals surface area contributed by atoms with Crippen LogP contribution in [0.2, 0.25) is 0 Å². The molecule has 0 saturated heterocycles. The number of hydrogen-bond donors (Lipinski definition) is 2. The molecule has 2 N–H and O–H groups in total. The Morgan fingerprint density at radius 2 is 1.97 bits per heavy atom. The Morgan fingerprint density at radius 3 is 2.70 bits per heavy atom. The molecule has 170 valence electrons. The molecule has 2 heterocycles. The first kappa shape index (κ1) is 22.9. The summed E-state index contributed by atoms with van der Waals surface area (Å²) in [6.07, 6.45) is 0. The second kappa shape index (κ2) is 10.1. The average molecular weight is 482 g/mol. The van der Waals surface area contributed by atoms with E-state index in [4.69, 9.17) is 9.47 Å². The lowest BCUT2D eigenvalue weighted by atomic mass is 10.1. The second-order valence-electron chi connectivity index (χ2n) is 7.22. The summed E-state index contributed by atoms with van der Waals surface area (Å²) >= 11 is 2.84. The molecule has 0 bridgehead atoms. The predicted octanol–water partition coefficient (Wildman–Crippen LogP) is 4.93. The van der Waals surface area contributed by atoms with E-state index in [-0.39, 0.29) is 16.7 Å². The number of rotatable bonds is 8. The molecule has 0 aliphatic heterocycles. The van der Waals surface area contributed by atoms with Crippen LogP contribution in [0.25, 0.3) is 21.3 Å². The van der Waals surface area contributed by atoms with E-state index in [1.54, 1.807) is 25.3 Å². The molecule has 0 aliphatic rings. The highest BCUT2D eigenvalue weighted by atomic mass is 32.2. The standard InChI is InChI=1S/C24H23N3O4S2/c1-14(22(28)25-18-10-9-16(30-2)11-19(18)31-3)32-13-20-26-23(29)21-17(12-33-24(21)27-20)15-7-5-4-6-8-15/h4-12,14H,13H2,1-3H3,(H,25,28)(H,26,27,29). The van der Waals surface area contributed by atoms with Gasteiger partial charge < -0.3 is 19.8 Å². The number of thiophene rings is 1. The van der Waals surface area contributed by atoms with Crippen molar-refractivity contribution in [3.05, 3.63) is 70.1 Å². The second-order valence-corrected chi connectivity index (χ2v) is 9.40. The maximum Gasteiger partial charge on any atom is 0.260 e. The van der Waals surface area contributed by atoms with E-state index < -0.39 is 0 Å². The zero-order valence-corrected chi connectivity index (χ0v) is 20.0. The van der Waals surface area contributed by atoms with Crippen molar-refractivity contribution in [2.45, 2.75) is 17.9 Å². The van der Waals surface area contributed by atoms with Gasteiger partial charge in [0.2, 0.25) is 5.91 Å². The summed E-state index contributed by atoms with van der Waals surface area (Å²) < 4.78 is 10.5. The number of aromatic amines is 1. The first-order chi connectivity index (χ1) is 16.0. The van der Waals surface area contributed by atoms with E-state index in [0.29, 0.717) is 39.0 Å². The lowest BCUT2D eigenvalue weighted by molar-refractivity contribution is -0.115. The Balaban J connectivity index is 1.45. The Kier molecular flexibility index (Phi) is 7.00. The topological polar surface area (TPSA) is 93.3 Å². The van der Waals surface area contributed by atoms with Crippen LogP contribution >= 0.6 is 23.1 Å². The van der Waals surface area contributed by atoms with Gasteiger partial charge in [0.05, 0.1) is 36.3 Å². The number of fused-ring (bicyclic) bond motifs is 1. The first-order valence-corrected chi connectivity index (χ1v) is 12.1. The molecule has 33 heavy (non-hydrogen) atoms. The molecule has 2 aromatic carbocycles. The summed E-state index contributed by atoms with van der Waals surface area (Å²) in [6.45, 7) is 1.81. The maximum atomic E-state index is 12.8. The highest BCUT2D eigenvalue weighted by Crippen LogP contribution is 2.32. The van der Waals surface area contributed by atoms with Crippen molar-refractivity contribution in [2.75, 3.05) is 19.5 Å². The van der Waals surface area contributed by atoms with Gasteiger partial charge in [0.25, 0.3) is 5.56 Å². The van der Waals surface area contributed by atoms with Gasteiger partial charge in [-0.25, -0.2) is 4.98 Å². The molecule has 1 unspecified atom stereocenters. The Morgan fingerprint density at radius 1 is 1.18 bits per heavy atom. The first-order valence-electron chi connectivity index (χ1n) is 10.2. The van der Waals surface area contributed by atoms with E-state index in [9.17, 15) is 9.59 Å². The molecule has 4 aromatic rings. The molecule has 9 heteroatoms. The van der Waals surface area contributed by atoms with Gasteiger partial charge in [-0.15, -0.1) is 23.1 Å². The van der Waals surface area contributed by atoms with Gasteiger partial charge in [-0.1, -0.05) is 30.3 Å². The summed E-state index contributed by atoms with van der Waals surface area (Å²) in [4.78, 5) is 33.7. The van der Waals surface area contributed by atoms with Gasteiger partial charge >= 0.3 is 0 Å². The number of hydrogen-bond acceptors (Lipinski definition) is 7. The third-order valence-corrected chi connectivity index (χ3v) is 7.11. The number of nitrogens with one attached hydrogen (secondary N) is 2. The Labute approximate surface area is 199 Å². The lowest BCUT2D eigenvalue weighted by Crippen LogP contribution is -2.23. The van der Waals surface area contributed by atoms with Gasteiger partial charge in [-0.3, -0.25) is 9.59 Å². The number of H-pyrrole nitrogens is 1. The van der Waals surface area contributed by atoms with E-state index >= 15 is 0 Å². The highest BCUT2D eigenvalue weighted by molar-refractivity contribution is 7.99. The minimum atomic E-state index is -0.374. The molecule has 0 spiro atoms. The molecule has 2 aromatic heterocycles. The third kappa shape index (κ3) is 5.04. The minimum Gasteiger partial charge on any atom is -0.497 e. The van der Waals surface area contributed by atoms with Crippen molar-refractivity contribution in [3.8, 4) is 22.6 Å². The van der Waals surface area contributed by atoms with E-state index in [1.807, 2.05) is 42.6 Å². The average Bonchev–Trinajstić information content (AvgIpc) is 3.28. The van der Waals surface area contributed by atoms with Crippen LogP contribution in [0.1, 0.15) is 12.7 Å². The lowest BCUT2D eigenvalue weighted by Gasteiger charge is -2.15. The molecule has 7 nitrogen and oxygen atoms in total. The molecule has 0 radical (unpaired) electrons. The van der Waals surface area contributed by atoms with E-state index in [2.05, 4.69) is 15.3 Å². The molecule has 1 atom stereocenters. The van der Waals surface area contributed by atoms with Gasteiger partial charge in [0, 0.05) is 17.0 Å². The van der Waals surface area contributed by atoms with Gasteiger partial charge in [-0.05, 0) is 24.6 Å². The number of anilines is 1. The summed E-state index contributed by atoms with van der Waals surface area (Å²) in [5.41, 5.74) is 2.26. The van der Waals surface area contributed by atoms with Crippen LogP contribution in [0.4, 0.5) is 5.69 Å². The summed E-state index contributed by atoms with van der Waals surface area (Å²) in [7, 11) is 3.11. The molecule has 1 amide bonds. The smallest absolute Gasteiger partial charge is 0.260 e. The van der Waals surface area contributed by atoms with Crippen LogP contribution in [0, 0.1) is 0 Å². The van der Waals surface area contributed by atoms with Gasteiger partial charge in [0.15, 0.2) is 0 Å². The number of methoxy groups -OCH3 is 2. The van der Waals surface area contributed by atoms with Crippen LogP contribution in [-0.4, -0.2) is 35.3 Å². The Bertz CT molecular complexity index is 1330. The highest BCUT2D eigenvalue weighted by Gasteiger charge is 2.18. The quantitative estimate of drug-likeness (QED) is 0.371. The van der Waals surface area contributed by atoms with Crippen molar-refractivity contribution in [3.63, 3.8) is 0 Å². The summed E-state index contributed by atoms with van der Waals surface area (Å²) in [5.74, 6) is 1.93. The number of benzene rings is 2. The van der Waals surface area contributed by atoms with Crippen molar-refractivity contribution in [1.29, 1.82) is 0 Å². The number of aromatic nitrogens is 2. The molecule has 4 rings (SSSR count). The number of carbonyl (C=O) groups excluding carboxylic acids is 1. The molecule has 0 fully saturated rings. The van der Waals surface area contributed by atoms with Gasteiger partial charge in [0.1, 0.15) is 22.2 Å². The normalized spacial score (nSPS) is 11.8. The van der Waals surface area contributed by atoms with Crippen LogP contribution in [0.5, 0.6) is 11.5 Å². The number of ether oxygens (including phenoxy) is 2. The van der Waals surface area contributed by atoms with Crippen molar-refractivity contribution < 1.29 is 14.3 Å². The Hall–Kier alpha value is -3.30. The van der Waals surface area contributed by atoms with Crippen LogP contribution in [0.3, 0.4) is 0 Å². The monoisotopic (exact) mass is 481 g/mol.